The Morgan fingerprint density at radius 2 is 0.951 bits per heavy atom. The lowest BCUT2D eigenvalue weighted by Gasteiger charge is -2.19. The van der Waals surface area contributed by atoms with E-state index in [0.29, 0.717) is 6.42 Å². The van der Waals surface area contributed by atoms with E-state index >= 15 is 0 Å². The number of aliphatic hydroxyl groups excluding tert-OH is 2. The van der Waals surface area contributed by atoms with Gasteiger partial charge in [0, 0.05) is 6.42 Å². The van der Waals surface area contributed by atoms with E-state index in [0.717, 1.165) is 38.5 Å². The average Bonchev–Trinajstić information content (AvgIpc) is 2.97. The van der Waals surface area contributed by atoms with Gasteiger partial charge < -0.3 is 15.5 Å². The number of unbranched alkanes of at least 4 members (excludes halogenated alkanes) is 20. The molecule has 1 amide bonds. The molecule has 0 aromatic carbocycles. The summed E-state index contributed by atoms with van der Waals surface area (Å²) in [5.41, 5.74) is 0. The maximum absolute atomic E-state index is 12.2. The smallest absolute Gasteiger partial charge is 0.220 e. The molecule has 0 aromatic rings. The van der Waals surface area contributed by atoms with Crippen LogP contribution in [-0.4, -0.2) is 34.9 Å². The van der Waals surface area contributed by atoms with E-state index in [9.17, 15) is 15.0 Å². The highest BCUT2D eigenvalue weighted by Crippen LogP contribution is 2.13. The van der Waals surface area contributed by atoms with E-state index in [2.05, 4.69) is 43.5 Å². The van der Waals surface area contributed by atoms with Crippen molar-refractivity contribution in [2.24, 2.45) is 0 Å². The zero-order valence-electron chi connectivity index (χ0n) is 27.3. The Morgan fingerprint density at radius 3 is 1.41 bits per heavy atom. The summed E-state index contributed by atoms with van der Waals surface area (Å²) in [7, 11) is 0. The summed E-state index contributed by atoms with van der Waals surface area (Å²) in [6, 6.07) is -0.638. The van der Waals surface area contributed by atoms with Crippen LogP contribution in [0.4, 0.5) is 0 Å². The standard InChI is InChI=1S/C37H69NO3/c1-3-5-7-9-11-12-13-14-15-16-17-18-19-20-21-22-23-24-25-27-28-30-32-36(40)35(34-39)38-37(41)33-31-29-26-10-8-6-4-2/h20-21,24-25,30,32,35-36,39-40H,3-19,22-23,26-29,31,33-34H2,1-2H3,(H,38,41)/b21-20+,25-24+,32-30+. The van der Waals surface area contributed by atoms with Gasteiger partial charge in [0.2, 0.25) is 5.91 Å². The Balaban J connectivity index is 3.65. The molecule has 0 saturated heterocycles. The lowest BCUT2D eigenvalue weighted by Crippen LogP contribution is -2.45. The van der Waals surface area contributed by atoms with Gasteiger partial charge in [0.05, 0.1) is 18.8 Å². The van der Waals surface area contributed by atoms with E-state index in [1.165, 1.54) is 116 Å². The van der Waals surface area contributed by atoms with Crippen molar-refractivity contribution in [2.75, 3.05) is 6.61 Å². The van der Waals surface area contributed by atoms with Crippen molar-refractivity contribution in [3.8, 4) is 0 Å². The highest BCUT2D eigenvalue weighted by molar-refractivity contribution is 5.76. The average molecular weight is 576 g/mol. The zero-order chi connectivity index (χ0) is 30.1. The molecule has 0 heterocycles. The van der Waals surface area contributed by atoms with Gasteiger partial charge in [0.1, 0.15) is 0 Å². The summed E-state index contributed by atoms with van der Waals surface area (Å²) in [5.74, 6) is -0.0869. The molecule has 0 aliphatic rings. The Kier molecular flexibility index (Phi) is 32.0. The summed E-state index contributed by atoms with van der Waals surface area (Å²) in [6.45, 7) is 4.23. The van der Waals surface area contributed by atoms with Gasteiger partial charge in [0.15, 0.2) is 0 Å². The molecule has 0 aliphatic carbocycles. The second kappa shape index (κ2) is 33.1. The molecule has 0 fully saturated rings. The maximum atomic E-state index is 12.2. The van der Waals surface area contributed by atoms with Crippen molar-refractivity contribution in [2.45, 2.75) is 187 Å². The number of hydrogen-bond donors (Lipinski definition) is 3. The van der Waals surface area contributed by atoms with Crippen LogP contribution in [0, 0.1) is 0 Å². The van der Waals surface area contributed by atoms with Crippen LogP contribution < -0.4 is 5.32 Å². The minimum absolute atomic E-state index is 0.0869. The number of carbonyl (C=O) groups excluding carboxylic acids is 1. The highest BCUT2D eigenvalue weighted by Gasteiger charge is 2.17. The van der Waals surface area contributed by atoms with Crippen LogP contribution >= 0.6 is 0 Å². The predicted octanol–water partition coefficient (Wildman–Crippen LogP) is 10.3. The van der Waals surface area contributed by atoms with E-state index < -0.39 is 12.1 Å². The van der Waals surface area contributed by atoms with Crippen LogP contribution in [0.3, 0.4) is 0 Å². The normalized spacial score (nSPS) is 13.6. The van der Waals surface area contributed by atoms with Crippen LogP contribution in [0.5, 0.6) is 0 Å². The summed E-state index contributed by atoms with van der Waals surface area (Å²) >= 11 is 0. The molecule has 0 rings (SSSR count). The molecule has 0 aliphatic heterocycles. The molecule has 0 aromatic heterocycles. The first-order chi connectivity index (χ1) is 20.2. The fraction of sp³-hybridized carbons (Fsp3) is 0.811. The molecule has 41 heavy (non-hydrogen) atoms. The fourth-order valence-electron chi connectivity index (χ4n) is 5.09. The molecule has 0 bridgehead atoms. The summed E-state index contributed by atoms with van der Waals surface area (Å²) in [6.07, 6.45) is 42.5. The molecule has 4 nitrogen and oxygen atoms in total. The van der Waals surface area contributed by atoms with Gasteiger partial charge in [-0.15, -0.1) is 0 Å². The van der Waals surface area contributed by atoms with Crippen LogP contribution in [0.1, 0.15) is 174 Å². The molecule has 0 radical (unpaired) electrons. The van der Waals surface area contributed by atoms with E-state index in [-0.39, 0.29) is 12.5 Å². The number of hydrogen-bond acceptors (Lipinski definition) is 3. The van der Waals surface area contributed by atoms with E-state index in [1.807, 2.05) is 6.08 Å². The van der Waals surface area contributed by atoms with Gasteiger partial charge in [-0.2, -0.15) is 0 Å². The number of aliphatic hydroxyl groups is 2. The second-order valence-corrected chi connectivity index (χ2v) is 11.9. The number of carbonyl (C=O) groups is 1. The third kappa shape index (κ3) is 29.9. The van der Waals surface area contributed by atoms with Crippen LogP contribution in [0.15, 0.2) is 36.5 Å². The fourth-order valence-corrected chi connectivity index (χ4v) is 5.09. The second-order valence-electron chi connectivity index (χ2n) is 11.9. The maximum Gasteiger partial charge on any atom is 0.220 e. The van der Waals surface area contributed by atoms with Gasteiger partial charge in [0.25, 0.3) is 0 Å². The number of amides is 1. The first-order valence-electron chi connectivity index (χ1n) is 17.7. The van der Waals surface area contributed by atoms with Gasteiger partial charge in [-0.3, -0.25) is 4.79 Å². The molecule has 0 spiro atoms. The molecule has 2 unspecified atom stereocenters. The van der Waals surface area contributed by atoms with Gasteiger partial charge in [-0.25, -0.2) is 0 Å². The number of rotatable bonds is 31. The summed E-state index contributed by atoms with van der Waals surface area (Å²) < 4.78 is 0. The Bertz CT molecular complexity index is 628. The van der Waals surface area contributed by atoms with Crippen LogP contribution in [0.25, 0.3) is 0 Å². The Hall–Kier alpha value is -1.39. The molecule has 4 heteroatoms. The molecular weight excluding hydrogens is 506 g/mol. The third-order valence-corrected chi connectivity index (χ3v) is 7.85. The largest absolute Gasteiger partial charge is 0.394 e. The Labute approximate surface area is 255 Å². The predicted molar refractivity (Wildman–Crippen MR) is 179 cm³/mol. The monoisotopic (exact) mass is 576 g/mol. The van der Waals surface area contributed by atoms with E-state index in [4.69, 9.17) is 0 Å². The van der Waals surface area contributed by atoms with Gasteiger partial charge >= 0.3 is 0 Å². The van der Waals surface area contributed by atoms with Crippen molar-refractivity contribution >= 4 is 5.91 Å². The quantitative estimate of drug-likeness (QED) is 0.0569. The zero-order valence-corrected chi connectivity index (χ0v) is 27.3. The molecular formula is C37H69NO3. The number of nitrogens with one attached hydrogen (secondary N) is 1. The molecule has 3 N–H and O–H groups in total. The number of allylic oxidation sites excluding steroid dienone is 5. The van der Waals surface area contributed by atoms with Crippen LogP contribution in [-0.2, 0) is 4.79 Å². The summed E-state index contributed by atoms with van der Waals surface area (Å²) in [4.78, 5) is 12.2. The lowest BCUT2D eigenvalue weighted by molar-refractivity contribution is -0.123. The van der Waals surface area contributed by atoms with Crippen molar-refractivity contribution in [3.63, 3.8) is 0 Å². The molecule has 0 saturated carbocycles. The van der Waals surface area contributed by atoms with Gasteiger partial charge in [-0.05, 0) is 44.9 Å². The minimum Gasteiger partial charge on any atom is -0.394 e. The Morgan fingerprint density at radius 1 is 0.561 bits per heavy atom. The van der Waals surface area contributed by atoms with Crippen LogP contribution in [0.2, 0.25) is 0 Å². The first kappa shape index (κ1) is 39.6. The molecule has 240 valence electrons. The summed E-state index contributed by atoms with van der Waals surface area (Å²) in [5, 5.41) is 22.7. The van der Waals surface area contributed by atoms with Gasteiger partial charge in [-0.1, -0.05) is 159 Å². The third-order valence-electron chi connectivity index (χ3n) is 7.85. The van der Waals surface area contributed by atoms with E-state index in [1.54, 1.807) is 6.08 Å². The lowest BCUT2D eigenvalue weighted by atomic mass is 10.0. The van der Waals surface area contributed by atoms with Crippen molar-refractivity contribution < 1.29 is 15.0 Å². The van der Waals surface area contributed by atoms with Crippen molar-refractivity contribution in [3.05, 3.63) is 36.5 Å². The SMILES string of the molecule is CCCCCCCCCCCCCC/C=C/CC/C=C/CC/C=C/C(O)C(CO)NC(=O)CCCCCCCCC. The highest BCUT2D eigenvalue weighted by atomic mass is 16.3. The topological polar surface area (TPSA) is 69.6 Å². The molecule has 2 atom stereocenters. The van der Waals surface area contributed by atoms with Crippen molar-refractivity contribution in [1.82, 2.24) is 5.32 Å². The van der Waals surface area contributed by atoms with Crippen molar-refractivity contribution in [1.29, 1.82) is 0 Å². The minimum atomic E-state index is -0.864. The first-order valence-corrected chi connectivity index (χ1v) is 17.7.